The van der Waals surface area contributed by atoms with Gasteiger partial charge in [-0.15, -0.1) is 0 Å². The Hall–Kier alpha value is -3.08. The van der Waals surface area contributed by atoms with E-state index >= 15 is 0 Å². The van der Waals surface area contributed by atoms with Crippen LogP contribution in [0.2, 0.25) is 0 Å². The zero-order chi connectivity index (χ0) is 15.8. The number of aromatic nitrogens is 2. The Morgan fingerprint density at radius 2 is 2.00 bits per heavy atom. The Kier molecular flexibility index (Phi) is 3.12. The van der Waals surface area contributed by atoms with Crippen molar-refractivity contribution < 1.29 is 10.1 Å². The van der Waals surface area contributed by atoms with E-state index in [2.05, 4.69) is 15.3 Å². The van der Waals surface area contributed by atoms with Gasteiger partial charge in [-0.3, -0.25) is 4.79 Å². The summed E-state index contributed by atoms with van der Waals surface area (Å²) in [5, 5.41) is 14.5. The Bertz CT molecular complexity index is 1020. The van der Waals surface area contributed by atoms with Crippen LogP contribution in [0, 0.1) is 0 Å². The summed E-state index contributed by atoms with van der Waals surface area (Å²) < 4.78 is 0. The lowest BCUT2D eigenvalue weighted by molar-refractivity contribution is -0.340. The summed E-state index contributed by atoms with van der Waals surface area (Å²) >= 11 is 0. The molecule has 0 unspecified atom stereocenters. The minimum atomic E-state index is -0.0159. The molecule has 0 saturated carbocycles. The van der Waals surface area contributed by atoms with Gasteiger partial charge >= 0.3 is 0 Å². The molecule has 0 radical (unpaired) electrons. The highest BCUT2D eigenvalue weighted by Gasteiger charge is 2.17. The minimum Gasteiger partial charge on any atom is -0.508 e. The van der Waals surface area contributed by atoms with E-state index in [-0.39, 0.29) is 11.2 Å². The molecule has 0 aliphatic heterocycles. The van der Waals surface area contributed by atoms with Crippen molar-refractivity contribution in [2.75, 3.05) is 11.9 Å². The van der Waals surface area contributed by atoms with Crippen molar-refractivity contribution >= 4 is 27.5 Å². The van der Waals surface area contributed by atoms with E-state index in [0.29, 0.717) is 17.7 Å². The van der Waals surface area contributed by atoms with Crippen molar-refractivity contribution in [2.24, 2.45) is 0 Å². The van der Waals surface area contributed by atoms with Crippen molar-refractivity contribution in [1.29, 1.82) is 0 Å². The number of H-pyrrole nitrogens is 2. The molecule has 23 heavy (non-hydrogen) atoms. The van der Waals surface area contributed by atoms with Crippen molar-refractivity contribution in [3.63, 3.8) is 0 Å². The lowest BCUT2D eigenvalue weighted by atomic mass is 10.1. The molecule has 2 aromatic carbocycles. The minimum absolute atomic E-state index is 0.0159. The van der Waals surface area contributed by atoms with Gasteiger partial charge in [-0.25, -0.2) is 4.98 Å². The first-order valence-corrected chi connectivity index (χ1v) is 7.52. The average Bonchev–Trinajstić information content (AvgIpc) is 3.00. The molecule has 0 atom stereocenters. The number of anilines is 1. The summed E-state index contributed by atoms with van der Waals surface area (Å²) in [4.78, 5) is 18.8. The molecule has 0 fully saturated rings. The van der Waals surface area contributed by atoms with Gasteiger partial charge in [-0.2, -0.15) is 0 Å². The number of benzene rings is 2. The highest BCUT2D eigenvalue weighted by atomic mass is 16.3. The van der Waals surface area contributed by atoms with Crippen molar-refractivity contribution in [1.82, 2.24) is 4.98 Å². The largest absolute Gasteiger partial charge is 0.508 e. The highest BCUT2D eigenvalue weighted by molar-refractivity contribution is 6.06. The van der Waals surface area contributed by atoms with Crippen LogP contribution >= 0.6 is 0 Å². The third kappa shape index (κ3) is 2.36. The quantitative estimate of drug-likeness (QED) is 0.541. The number of aromatic hydroxyl groups is 1. The number of aromatic amines is 2. The van der Waals surface area contributed by atoms with Crippen LogP contribution < -0.4 is 15.7 Å². The zero-order valence-corrected chi connectivity index (χ0v) is 12.4. The van der Waals surface area contributed by atoms with Gasteiger partial charge in [-0.1, -0.05) is 12.1 Å². The van der Waals surface area contributed by atoms with Gasteiger partial charge in [0.2, 0.25) is 0 Å². The number of phenols is 1. The Labute approximate surface area is 132 Å². The van der Waals surface area contributed by atoms with Gasteiger partial charge in [0, 0.05) is 12.7 Å². The lowest BCUT2D eigenvalue weighted by Crippen LogP contribution is -2.17. The predicted octanol–water partition coefficient (Wildman–Crippen LogP) is 2.29. The van der Waals surface area contributed by atoms with Crippen LogP contribution in [0.15, 0.2) is 53.6 Å². The number of nitrogens with one attached hydrogen (secondary N) is 3. The van der Waals surface area contributed by atoms with Gasteiger partial charge < -0.3 is 15.4 Å². The van der Waals surface area contributed by atoms with Gasteiger partial charge in [-0.05, 0) is 36.2 Å². The number of pyridine rings is 1. The standard InChI is InChI=1S/C18H15N3O2/c22-13-3-1-11(2-4-13)5-7-20-15-9-14-16-12(6-8-19-14)10-21-17(16)18(15)23/h1-4,6,8-10,19-20,22H,5,7H2/p+1. The van der Waals surface area contributed by atoms with Crippen LogP contribution in [0.1, 0.15) is 5.56 Å². The van der Waals surface area contributed by atoms with Gasteiger partial charge in [0.25, 0.3) is 10.9 Å². The predicted molar refractivity (Wildman–Crippen MR) is 90.1 cm³/mol. The molecule has 0 spiro atoms. The summed E-state index contributed by atoms with van der Waals surface area (Å²) in [6.45, 7) is 0.647. The molecule has 0 aliphatic carbocycles. The van der Waals surface area contributed by atoms with Crippen LogP contribution in [0.5, 0.6) is 5.75 Å². The molecule has 5 nitrogen and oxygen atoms in total. The van der Waals surface area contributed by atoms with Gasteiger partial charge in [0.15, 0.2) is 6.20 Å². The molecule has 0 aliphatic rings. The van der Waals surface area contributed by atoms with E-state index in [1.54, 1.807) is 12.1 Å². The van der Waals surface area contributed by atoms with Crippen LogP contribution in [0.3, 0.4) is 0 Å². The molecule has 4 rings (SSSR count). The summed E-state index contributed by atoms with van der Waals surface area (Å²) in [6.07, 6.45) is 4.50. The molecular formula is C18H16N3O2+. The molecule has 4 aromatic rings. The summed E-state index contributed by atoms with van der Waals surface area (Å²) in [5.74, 6) is 0.259. The second kappa shape index (κ2) is 5.28. The topological polar surface area (TPSA) is 79.3 Å². The van der Waals surface area contributed by atoms with Crippen molar-refractivity contribution in [3.8, 4) is 5.75 Å². The smallest absolute Gasteiger partial charge is 0.273 e. The fraction of sp³-hybridized carbons (Fsp3) is 0.111. The number of phenolic OH excluding ortho intramolecular Hbond substituents is 1. The molecule has 0 amide bonds. The van der Waals surface area contributed by atoms with Gasteiger partial charge in [0.1, 0.15) is 5.75 Å². The SMILES string of the molecule is O=c1c(NCCc2ccc(O)cc2)cc2[nH]ccc3c[nH+]c1c32. The first-order chi connectivity index (χ1) is 11.2. The number of hydrogen-bond acceptors (Lipinski definition) is 3. The van der Waals surface area contributed by atoms with Crippen LogP contribution in [0.4, 0.5) is 5.69 Å². The molecule has 4 N–H and O–H groups in total. The Morgan fingerprint density at radius 1 is 1.17 bits per heavy atom. The maximum atomic E-state index is 12.5. The van der Waals surface area contributed by atoms with Gasteiger partial charge in [0.05, 0.1) is 22.0 Å². The summed E-state index contributed by atoms with van der Waals surface area (Å²) in [5.41, 5.74) is 3.24. The second-order valence-electron chi connectivity index (χ2n) is 5.62. The van der Waals surface area contributed by atoms with Crippen molar-refractivity contribution in [3.05, 3.63) is 64.6 Å². The molecule has 5 heteroatoms. The van der Waals surface area contributed by atoms with E-state index in [4.69, 9.17) is 0 Å². The monoisotopic (exact) mass is 306 g/mol. The Morgan fingerprint density at radius 3 is 2.83 bits per heavy atom. The fourth-order valence-corrected chi connectivity index (χ4v) is 2.93. The molecular weight excluding hydrogens is 290 g/mol. The maximum Gasteiger partial charge on any atom is 0.273 e. The van der Waals surface area contributed by atoms with Crippen LogP contribution in [-0.4, -0.2) is 16.6 Å². The second-order valence-corrected chi connectivity index (χ2v) is 5.62. The van der Waals surface area contributed by atoms with Crippen LogP contribution in [0.25, 0.3) is 21.8 Å². The molecule has 0 bridgehead atoms. The molecule has 0 saturated heterocycles. The van der Waals surface area contributed by atoms with E-state index in [1.807, 2.05) is 36.7 Å². The van der Waals surface area contributed by atoms with E-state index in [1.165, 1.54) is 0 Å². The zero-order valence-electron chi connectivity index (χ0n) is 12.4. The summed E-state index contributed by atoms with van der Waals surface area (Å²) in [6, 6.07) is 10.9. The third-order valence-electron chi connectivity index (χ3n) is 4.11. The highest BCUT2D eigenvalue weighted by Crippen LogP contribution is 2.22. The third-order valence-corrected chi connectivity index (χ3v) is 4.11. The van der Waals surface area contributed by atoms with E-state index in [0.717, 1.165) is 28.3 Å². The first kappa shape index (κ1) is 13.6. The van der Waals surface area contributed by atoms with E-state index < -0.39 is 0 Å². The fourth-order valence-electron chi connectivity index (χ4n) is 2.93. The normalized spacial score (nSPS) is 11.3. The number of hydrogen-bond donors (Lipinski definition) is 3. The summed E-state index contributed by atoms with van der Waals surface area (Å²) in [7, 11) is 0. The Balaban J connectivity index is 1.60. The van der Waals surface area contributed by atoms with Crippen LogP contribution in [-0.2, 0) is 6.42 Å². The maximum absolute atomic E-state index is 12.5. The molecule has 114 valence electrons. The lowest BCUT2D eigenvalue weighted by Gasteiger charge is -2.06. The molecule has 2 aromatic heterocycles. The molecule has 2 heterocycles. The average molecular weight is 306 g/mol. The first-order valence-electron chi connectivity index (χ1n) is 7.52. The number of rotatable bonds is 4. The van der Waals surface area contributed by atoms with E-state index in [9.17, 15) is 9.90 Å². The van der Waals surface area contributed by atoms with Crippen molar-refractivity contribution in [2.45, 2.75) is 6.42 Å².